The van der Waals surface area contributed by atoms with Crippen LogP contribution in [0.15, 0.2) is 48.5 Å². The molecule has 146 valence electrons. The average molecular weight is 404 g/mol. The van der Waals surface area contributed by atoms with Gasteiger partial charge in [0, 0.05) is 23.9 Å². The van der Waals surface area contributed by atoms with Gasteiger partial charge in [0.1, 0.15) is 5.82 Å². The van der Waals surface area contributed by atoms with Crippen LogP contribution >= 0.6 is 12.2 Å². The summed E-state index contributed by atoms with van der Waals surface area (Å²) < 4.78 is 1.96. The van der Waals surface area contributed by atoms with E-state index in [2.05, 4.69) is 74.9 Å². The number of rotatable bonds is 7. The normalized spacial score (nSPS) is 11.1. The molecule has 0 aliphatic carbocycles. The fourth-order valence-electron chi connectivity index (χ4n) is 3.27. The Balaban J connectivity index is 1.60. The molecule has 0 unspecified atom stereocenters. The first-order valence-electron chi connectivity index (χ1n) is 9.45. The quantitative estimate of drug-likeness (QED) is 0.474. The highest BCUT2D eigenvalue weighted by molar-refractivity contribution is 7.79. The molecule has 4 rings (SSSR count). The summed E-state index contributed by atoms with van der Waals surface area (Å²) in [6, 6.07) is 16.5. The van der Waals surface area contributed by atoms with Gasteiger partial charge in [-0.2, -0.15) is 5.10 Å². The highest BCUT2D eigenvalue weighted by atomic mass is 32.1. The van der Waals surface area contributed by atoms with E-state index in [4.69, 9.17) is 12.2 Å². The molecular weight excluding hydrogens is 382 g/mol. The van der Waals surface area contributed by atoms with Gasteiger partial charge in [0.2, 0.25) is 0 Å². The van der Waals surface area contributed by atoms with E-state index in [1.54, 1.807) is 0 Å². The van der Waals surface area contributed by atoms with Gasteiger partial charge < -0.3 is 0 Å². The lowest BCUT2D eigenvalue weighted by Crippen LogP contribution is -2.10. The summed E-state index contributed by atoms with van der Waals surface area (Å²) in [4.78, 5) is 4.57. The van der Waals surface area contributed by atoms with E-state index in [-0.39, 0.29) is 0 Å². The lowest BCUT2D eigenvalue weighted by molar-refractivity contribution is 0.469. The number of aromatic amines is 1. The minimum absolute atomic E-state index is 0.484. The van der Waals surface area contributed by atoms with Crippen LogP contribution in [0, 0.1) is 5.92 Å². The minimum atomic E-state index is 0.484. The number of hydrogen-bond donors (Lipinski definition) is 1. The average Bonchev–Trinajstić information content (AvgIpc) is 3.39. The molecule has 29 heavy (non-hydrogen) atoms. The van der Waals surface area contributed by atoms with Crippen molar-refractivity contribution < 1.29 is 0 Å². The SMILES string of the molecule is CC(C)Cn1nc(C=S)nc1Cc1ccc(-c2ccccc2-c2nnn[nH]2)cc1. The zero-order chi connectivity index (χ0) is 20.2. The van der Waals surface area contributed by atoms with Crippen LogP contribution in [-0.2, 0) is 13.0 Å². The number of H-pyrrole nitrogens is 1. The molecule has 1 N–H and O–H groups in total. The Bertz CT molecular complexity index is 1100. The molecule has 0 saturated heterocycles. The predicted octanol–water partition coefficient (Wildman–Crippen LogP) is 3.72. The van der Waals surface area contributed by atoms with E-state index >= 15 is 0 Å². The second-order valence-corrected chi connectivity index (χ2v) is 7.48. The Morgan fingerprint density at radius 3 is 2.48 bits per heavy atom. The van der Waals surface area contributed by atoms with Gasteiger partial charge in [-0.25, -0.2) is 14.8 Å². The van der Waals surface area contributed by atoms with Gasteiger partial charge in [0.25, 0.3) is 0 Å². The summed E-state index contributed by atoms with van der Waals surface area (Å²) in [6.07, 6.45) is 0.705. The van der Waals surface area contributed by atoms with Gasteiger partial charge in [-0.3, -0.25) is 0 Å². The summed E-state index contributed by atoms with van der Waals surface area (Å²) in [5, 5.41) is 20.3. The van der Waals surface area contributed by atoms with Crippen LogP contribution in [0.25, 0.3) is 22.5 Å². The first kappa shape index (κ1) is 19.1. The van der Waals surface area contributed by atoms with Gasteiger partial charge >= 0.3 is 0 Å². The molecule has 8 heteroatoms. The molecule has 0 spiro atoms. The van der Waals surface area contributed by atoms with Crippen molar-refractivity contribution in [2.24, 2.45) is 5.92 Å². The van der Waals surface area contributed by atoms with Crippen molar-refractivity contribution in [2.75, 3.05) is 0 Å². The van der Waals surface area contributed by atoms with Crippen molar-refractivity contribution in [1.29, 1.82) is 0 Å². The van der Waals surface area contributed by atoms with Crippen molar-refractivity contribution in [3.8, 4) is 22.5 Å². The number of benzene rings is 2. The molecule has 0 aliphatic heterocycles. The third-order valence-corrected chi connectivity index (χ3v) is 4.77. The zero-order valence-electron chi connectivity index (χ0n) is 16.3. The Kier molecular flexibility index (Phi) is 5.53. The fraction of sp³-hybridized carbons (Fsp3) is 0.238. The van der Waals surface area contributed by atoms with E-state index < -0.39 is 0 Å². The van der Waals surface area contributed by atoms with Gasteiger partial charge in [0.15, 0.2) is 11.6 Å². The molecule has 4 aromatic rings. The van der Waals surface area contributed by atoms with Crippen LogP contribution in [0.1, 0.15) is 31.1 Å². The van der Waals surface area contributed by atoms with Gasteiger partial charge in [-0.05, 0) is 33.0 Å². The first-order valence-corrected chi connectivity index (χ1v) is 9.92. The third-order valence-electron chi connectivity index (χ3n) is 4.56. The molecule has 2 aromatic heterocycles. The molecule has 2 aromatic carbocycles. The fourth-order valence-corrected chi connectivity index (χ4v) is 3.37. The van der Waals surface area contributed by atoms with E-state index in [0.29, 0.717) is 24.0 Å². The lowest BCUT2D eigenvalue weighted by atomic mass is 9.98. The molecule has 0 atom stereocenters. The number of thiocarbonyl (C=S) groups is 1. The molecule has 0 aliphatic rings. The largest absolute Gasteiger partial charge is 0.249 e. The van der Waals surface area contributed by atoms with Crippen LogP contribution in [0.3, 0.4) is 0 Å². The van der Waals surface area contributed by atoms with E-state index in [1.165, 1.54) is 10.9 Å². The monoisotopic (exact) mass is 403 g/mol. The number of nitrogens with zero attached hydrogens (tertiary/aromatic N) is 6. The van der Waals surface area contributed by atoms with E-state index in [9.17, 15) is 0 Å². The summed E-state index contributed by atoms with van der Waals surface area (Å²) in [6.45, 7) is 5.15. The number of nitrogens with one attached hydrogen (secondary N) is 1. The Labute approximate surface area is 174 Å². The molecule has 0 fully saturated rings. The molecular formula is C21H21N7S. The topological polar surface area (TPSA) is 85.2 Å². The van der Waals surface area contributed by atoms with Crippen molar-refractivity contribution in [3.05, 3.63) is 65.7 Å². The second-order valence-electron chi connectivity index (χ2n) is 7.25. The molecule has 7 nitrogen and oxygen atoms in total. The summed E-state index contributed by atoms with van der Waals surface area (Å²) in [7, 11) is 0. The highest BCUT2D eigenvalue weighted by Crippen LogP contribution is 2.29. The lowest BCUT2D eigenvalue weighted by Gasteiger charge is -2.10. The molecule has 0 saturated carbocycles. The number of tetrazole rings is 1. The Morgan fingerprint density at radius 1 is 1.07 bits per heavy atom. The van der Waals surface area contributed by atoms with Crippen LogP contribution < -0.4 is 0 Å². The molecule has 0 radical (unpaired) electrons. The minimum Gasteiger partial charge on any atom is -0.249 e. The van der Waals surface area contributed by atoms with Crippen molar-refractivity contribution in [3.63, 3.8) is 0 Å². The van der Waals surface area contributed by atoms with Gasteiger partial charge in [0.05, 0.1) is 0 Å². The van der Waals surface area contributed by atoms with Crippen molar-refractivity contribution in [2.45, 2.75) is 26.8 Å². The van der Waals surface area contributed by atoms with Crippen LogP contribution in [-0.4, -0.2) is 40.8 Å². The van der Waals surface area contributed by atoms with Gasteiger partial charge in [-0.15, -0.1) is 5.10 Å². The van der Waals surface area contributed by atoms with Crippen molar-refractivity contribution >= 4 is 17.6 Å². The van der Waals surface area contributed by atoms with Crippen LogP contribution in [0.5, 0.6) is 0 Å². The maximum absolute atomic E-state index is 5.01. The third kappa shape index (κ3) is 4.27. The van der Waals surface area contributed by atoms with E-state index in [1.807, 2.05) is 22.9 Å². The highest BCUT2D eigenvalue weighted by Gasteiger charge is 2.12. The molecule has 0 bridgehead atoms. The number of hydrogen-bond acceptors (Lipinski definition) is 6. The van der Waals surface area contributed by atoms with E-state index in [0.717, 1.165) is 29.1 Å². The summed E-state index contributed by atoms with van der Waals surface area (Å²) >= 11 is 5.01. The predicted molar refractivity (Wildman–Crippen MR) is 115 cm³/mol. The van der Waals surface area contributed by atoms with Crippen LogP contribution in [0.2, 0.25) is 0 Å². The number of aromatic nitrogens is 7. The Hall–Kier alpha value is -3.26. The second kappa shape index (κ2) is 8.40. The standard InChI is InChI=1S/C21H21N7S/c1-14(2)12-28-20(22-19(13-29)25-28)11-15-7-9-16(10-8-15)17-5-3-4-6-18(17)21-23-26-27-24-21/h3-10,13-14H,11-12H2,1-2H3,(H,23,24,26,27). The maximum Gasteiger partial charge on any atom is 0.184 e. The molecule has 2 heterocycles. The van der Waals surface area contributed by atoms with Crippen molar-refractivity contribution in [1.82, 2.24) is 35.4 Å². The summed E-state index contributed by atoms with van der Waals surface area (Å²) in [5.41, 5.74) is 4.31. The maximum atomic E-state index is 5.01. The zero-order valence-corrected chi connectivity index (χ0v) is 17.1. The Morgan fingerprint density at radius 2 is 1.83 bits per heavy atom. The smallest absolute Gasteiger partial charge is 0.184 e. The van der Waals surface area contributed by atoms with Crippen LogP contribution in [0.4, 0.5) is 0 Å². The van der Waals surface area contributed by atoms with Gasteiger partial charge in [-0.1, -0.05) is 74.6 Å². The molecule has 0 amide bonds. The first-order chi connectivity index (χ1) is 14.1. The summed E-state index contributed by atoms with van der Waals surface area (Å²) in [5.74, 6) is 2.66.